The zero-order valence-electron chi connectivity index (χ0n) is 11.2. The van der Waals surface area contributed by atoms with Gasteiger partial charge >= 0.3 is 5.97 Å². The van der Waals surface area contributed by atoms with Crippen molar-refractivity contribution in [2.75, 3.05) is 4.90 Å². The smallest absolute Gasteiger partial charge is 0.337 e. The Hall–Kier alpha value is -2.95. The standard InChI is InChI=1S/C11H8N4O7S/c12-14-13-6-2-1-5(11(18)19)9(10(6)23(20,21)22)15-7(16)3-4-8(15)17/h1-2H,3-4H2,(H,18,19)(H,20,21,22). The molecule has 2 rings (SSSR count). The van der Waals surface area contributed by atoms with E-state index >= 15 is 0 Å². The van der Waals surface area contributed by atoms with Crippen LogP contribution in [0.3, 0.4) is 0 Å². The molecule has 0 radical (unpaired) electrons. The molecule has 0 saturated carbocycles. The molecule has 1 aliphatic heterocycles. The van der Waals surface area contributed by atoms with E-state index in [4.69, 9.17) is 5.53 Å². The number of carboxylic acid groups (broad SMARTS) is 1. The number of nitrogens with zero attached hydrogens (tertiary/aromatic N) is 4. The molecule has 0 bridgehead atoms. The van der Waals surface area contributed by atoms with E-state index in [0.717, 1.165) is 12.1 Å². The van der Waals surface area contributed by atoms with Gasteiger partial charge < -0.3 is 5.11 Å². The van der Waals surface area contributed by atoms with Gasteiger partial charge in [0, 0.05) is 17.8 Å². The molecule has 1 saturated heterocycles. The quantitative estimate of drug-likeness (QED) is 0.272. The first-order chi connectivity index (χ1) is 10.7. The van der Waals surface area contributed by atoms with Gasteiger partial charge in [0.2, 0.25) is 11.8 Å². The molecule has 1 aromatic rings. The lowest BCUT2D eigenvalue weighted by Gasteiger charge is -2.20. The molecule has 1 aromatic carbocycles. The van der Waals surface area contributed by atoms with Gasteiger partial charge in [0.1, 0.15) is 4.90 Å². The zero-order chi connectivity index (χ0) is 17.4. The maximum absolute atomic E-state index is 11.8. The first kappa shape index (κ1) is 16.4. The summed E-state index contributed by atoms with van der Waals surface area (Å²) in [6, 6.07) is 1.72. The Kier molecular flexibility index (Phi) is 4.06. The molecular formula is C11H8N4O7S. The average molecular weight is 340 g/mol. The largest absolute Gasteiger partial charge is 0.478 e. The summed E-state index contributed by atoms with van der Waals surface area (Å²) in [5.41, 5.74) is 6.28. The number of carboxylic acids is 1. The number of hydrogen-bond acceptors (Lipinski definition) is 6. The molecule has 0 atom stereocenters. The fraction of sp³-hybridized carbons (Fsp3) is 0.182. The normalized spacial score (nSPS) is 14.7. The van der Waals surface area contributed by atoms with Crippen LogP contribution in [0.5, 0.6) is 0 Å². The van der Waals surface area contributed by atoms with Crippen molar-refractivity contribution in [1.82, 2.24) is 0 Å². The molecule has 1 aliphatic rings. The summed E-state index contributed by atoms with van der Waals surface area (Å²) in [6.45, 7) is 0. The van der Waals surface area contributed by atoms with E-state index in [9.17, 15) is 32.5 Å². The molecule has 120 valence electrons. The maximum Gasteiger partial charge on any atom is 0.337 e. The summed E-state index contributed by atoms with van der Waals surface area (Å²) in [7, 11) is -5.10. The maximum atomic E-state index is 11.8. The first-order valence-electron chi connectivity index (χ1n) is 5.97. The van der Waals surface area contributed by atoms with Crippen molar-refractivity contribution < 1.29 is 32.5 Å². The molecule has 0 spiro atoms. The summed E-state index contributed by atoms with van der Waals surface area (Å²) in [5, 5.41) is 12.2. The van der Waals surface area contributed by atoms with Crippen molar-refractivity contribution in [3.8, 4) is 0 Å². The molecule has 2 amide bonds. The summed E-state index contributed by atoms with van der Waals surface area (Å²) >= 11 is 0. The van der Waals surface area contributed by atoms with Crippen LogP contribution < -0.4 is 4.90 Å². The third-order valence-electron chi connectivity index (χ3n) is 3.03. The van der Waals surface area contributed by atoms with Crippen LogP contribution in [0.15, 0.2) is 22.1 Å². The fourth-order valence-electron chi connectivity index (χ4n) is 2.16. The van der Waals surface area contributed by atoms with Crippen LogP contribution in [0.1, 0.15) is 23.2 Å². The number of benzene rings is 1. The van der Waals surface area contributed by atoms with Gasteiger partial charge in [0.15, 0.2) is 0 Å². The zero-order valence-corrected chi connectivity index (χ0v) is 12.0. The number of rotatable bonds is 4. The lowest BCUT2D eigenvalue weighted by molar-refractivity contribution is -0.121. The second-order valence-electron chi connectivity index (χ2n) is 4.40. The Balaban J connectivity index is 2.98. The van der Waals surface area contributed by atoms with Crippen LogP contribution >= 0.6 is 0 Å². The predicted octanol–water partition coefficient (Wildman–Crippen LogP) is 1.23. The lowest BCUT2D eigenvalue weighted by atomic mass is 10.1. The van der Waals surface area contributed by atoms with Gasteiger partial charge in [0.05, 0.1) is 16.9 Å². The van der Waals surface area contributed by atoms with Gasteiger partial charge in [-0.3, -0.25) is 14.1 Å². The van der Waals surface area contributed by atoms with Crippen LogP contribution in [0.25, 0.3) is 10.4 Å². The summed E-state index contributed by atoms with van der Waals surface area (Å²) < 4.78 is 32.6. The van der Waals surface area contributed by atoms with Crippen molar-refractivity contribution in [3.05, 3.63) is 28.1 Å². The minimum absolute atomic E-state index is 0.242. The van der Waals surface area contributed by atoms with E-state index in [-0.39, 0.29) is 12.8 Å². The number of anilines is 1. The lowest BCUT2D eigenvalue weighted by Crippen LogP contribution is -2.32. The minimum Gasteiger partial charge on any atom is -0.478 e. The van der Waals surface area contributed by atoms with Crippen LogP contribution in [0, 0.1) is 0 Å². The number of carbonyl (C=O) groups excluding carboxylic acids is 2. The first-order valence-corrected chi connectivity index (χ1v) is 7.41. The van der Waals surface area contributed by atoms with E-state index in [0.29, 0.717) is 4.90 Å². The van der Waals surface area contributed by atoms with Crippen molar-refractivity contribution in [1.29, 1.82) is 0 Å². The Morgan fingerprint density at radius 1 is 1.26 bits per heavy atom. The van der Waals surface area contributed by atoms with Crippen molar-refractivity contribution >= 4 is 39.3 Å². The highest BCUT2D eigenvalue weighted by Gasteiger charge is 2.38. The minimum atomic E-state index is -5.10. The highest BCUT2D eigenvalue weighted by Crippen LogP contribution is 2.39. The van der Waals surface area contributed by atoms with Crippen LogP contribution in [0.2, 0.25) is 0 Å². The third kappa shape index (κ3) is 2.85. The van der Waals surface area contributed by atoms with Gasteiger partial charge in [0.25, 0.3) is 10.1 Å². The molecule has 11 nitrogen and oxygen atoms in total. The van der Waals surface area contributed by atoms with E-state index in [2.05, 4.69) is 10.0 Å². The van der Waals surface area contributed by atoms with Crippen molar-refractivity contribution in [2.24, 2.45) is 5.11 Å². The van der Waals surface area contributed by atoms with Crippen LogP contribution in [-0.2, 0) is 19.7 Å². The topological polar surface area (TPSA) is 178 Å². The molecule has 2 N–H and O–H groups in total. The van der Waals surface area contributed by atoms with Crippen LogP contribution in [-0.4, -0.2) is 35.9 Å². The van der Waals surface area contributed by atoms with Gasteiger partial charge in [-0.15, -0.1) is 0 Å². The van der Waals surface area contributed by atoms with Gasteiger partial charge in [-0.2, -0.15) is 8.42 Å². The SMILES string of the molecule is [N-]=[N+]=Nc1ccc(C(=O)O)c(N2C(=O)CCC2=O)c1S(=O)(=O)O. The number of aromatic carboxylic acids is 1. The molecule has 0 unspecified atom stereocenters. The van der Waals surface area contributed by atoms with Gasteiger partial charge in [-0.05, 0) is 11.6 Å². The summed E-state index contributed by atoms with van der Waals surface area (Å²) in [5.74, 6) is -3.30. The molecule has 1 fully saturated rings. The van der Waals surface area contributed by atoms with Crippen LogP contribution in [0.4, 0.5) is 11.4 Å². The second-order valence-corrected chi connectivity index (χ2v) is 5.76. The Bertz CT molecular complexity index is 870. The summed E-state index contributed by atoms with van der Waals surface area (Å²) in [4.78, 5) is 36.6. The van der Waals surface area contributed by atoms with Crippen molar-refractivity contribution in [2.45, 2.75) is 17.7 Å². The Morgan fingerprint density at radius 3 is 2.26 bits per heavy atom. The van der Waals surface area contributed by atoms with E-state index in [1.165, 1.54) is 0 Å². The number of imide groups is 1. The van der Waals surface area contributed by atoms with Gasteiger partial charge in [-0.1, -0.05) is 11.2 Å². The summed E-state index contributed by atoms with van der Waals surface area (Å²) in [6.07, 6.45) is -0.483. The third-order valence-corrected chi connectivity index (χ3v) is 3.95. The van der Waals surface area contributed by atoms with Crippen molar-refractivity contribution in [3.63, 3.8) is 0 Å². The monoisotopic (exact) mass is 340 g/mol. The van der Waals surface area contributed by atoms with E-state index in [1.807, 2.05) is 0 Å². The van der Waals surface area contributed by atoms with E-state index < -0.39 is 49.7 Å². The average Bonchev–Trinajstić information content (AvgIpc) is 2.76. The molecule has 12 heteroatoms. The highest BCUT2D eigenvalue weighted by atomic mass is 32.2. The number of azide groups is 1. The molecule has 0 aliphatic carbocycles. The molecule has 0 aromatic heterocycles. The predicted molar refractivity (Wildman–Crippen MR) is 73.7 cm³/mol. The number of amides is 2. The molecule has 1 heterocycles. The van der Waals surface area contributed by atoms with Gasteiger partial charge in [-0.25, -0.2) is 9.69 Å². The number of hydrogen-bond donors (Lipinski definition) is 2. The fourth-order valence-corrected chi connectivity index (χ4v) is 2.98. The van der Waals surface area contributed by atoms with E-state index in [1.54, 1.807) is 0 Å². The number of carbonyl (C=O) groups is 3. The second kappa shape index (κ2) is 5.68. The highest BCUT2D eigenvalue weighted by molar-refractivity contribution is 7.86. The molecular weight excluding hydrogens is 332 g/mol. The molecule has 23 heavy (non-hydrogen) atoms. The Labute approximate surface area is 128 Å². The Morgan fingerprint density at radius 2 is 1.83 bits per heavy atom.